The zero-order valence-corrected chi connectivity index (χ0v) is 19.9. The lowest BCUT2D eigenvalue weighted by Crippen LogP contribution is -2.44. The molecule has 10 heteroatoms. The highest BCUT2D eigenvalue weighted by Gasteiger charge is 2.32. The lowest BCUT2D eigenvalue weighted by molar-refractivity contribution is -0.129. The SMILES string of the molecule is COCCN(C(=O)C[C@@H]1c2ccccc2C=CN1C(C)=O)c1c(N)n(CC(C)C)c(=O)[nH]c1=O. The van der Waals surface area contributed by atoms with Gasteiger partial charge in [-0.2, -0.15) is 0 Å². The topological polar surface area (TPSA) is 131 Å². The van der Waals surface area contributed by atoms with E-state index in [2.05, 4.69) is 4.98 Å². The van der Waals surface area contributed by atoms with Crippen LogP contribution in [0.25, 0.3) is 6.08 Å². The van der Waals surface area contributed by atoms with E-state index < -0.39 is 23.2 Å². The molecule has 0 saturated carbocycles. The van der Waals surface area contributed by atoms with Crippen molar-refractivity contribution < 1.29 is 14.3 Å². The fourth-order valence-electron chi connectivity index (χ4n) is 4.12. The Morgan fingerprint density at radius 2 is 1.94 bits per heavy atom. The average Bonchev–Trinajstić information content (AvgIpc) is 2.78. The Morgan fingerprint density at radius 3 is 2.59 bits per heavy atom. The molecule has 0 bridgehead atoms. The molecule has 1 aromatic carbocycles. The Labute approximate surface area is 197 Å². The maximum absolute atomic E-state index is 13.6. The van der Waals surface area contributed by atoms with Crippen molar-refractivity contribution in [1.82, 2.24) is 14.5 Å². The number of ether oxygens (including phenoxy) is 1. The number of H-pyrrole nitrogens is 1. The second kappa shape index (κ2) is 10.5. The van der Waals surface area contributed by atoms with Gasteiger partial charge in [-0.15, -0.1) is 0 Å². The number of aromatic amines is 1. The number of anilines is 2. The van der Waals surface area contributed by atoms with Crippen LogP contribution in [0.15, 0.2) is 40.1 Å². The molecule has 1 aliphatic rings. The molecule has 0 radical (unpaired) electrons. The number of rotatable bonds is 8. The van der Waals surface area contributed by atoms with E-state index >= 15 is 0 Å². The normalized spacial score (nSPS) is 14.9. The molecular formula is C24H31N5O5. The van der Waals surface area contributed by atoms with Crippen molar-refractivity contribution in [3.63, 3.8) is 0 Å². The van der Waals surface area contributed by atoms with Crippen LogP contribution in [0, 0.1) is 5.92 Å². The zero-order chi connectivity index (χ0) is 25.0. The molecule has 0 unspecified atom stereocenters. The summed E-state index contributed by atoms with van der Waals surface area (Å²) in [7, 11) is 1.48. The van der Waals surface area contributed by atoms with Crippen LogP contribution in [0.1, 0.15) is 44.4 Å². The van der Waals surface area contributed by atoms with Crippen LogP contribution in [0.4, 0.5) is 11.5 Å². The smallest absolute Gasteiger partial charge is 0.330 e. The number of hydrogen-bond acceptors (Lipinski definition) is 6. The number of nitrogens with two attached hydrogens (primary N) is 1. The number of nitrogen functional groups attached to an aromatic ring is 1. The third-order valence-corrected chi connectivity index (χ3v) is 5.69. The fraction of sp³-hybridized carbons (Fsp3) is 0.417. The second-order valence-corrected chi connectivity index (χ2v) is 8.63. The largest absolute Gasteiger partial charge is 0.383 e. The monoisotopic (exact) mass is 469 g/mol. The molecule has 1 aliphatic heterocycles. The summed E-state index contributed by atoms with van der Waals surface area (Å²) in [6.07, 6.45) is 3.39. The van der Waals surface area contributed by atoms with E-state index in [0.717, 1.165) is 11.1 Å². The van der Waals surface area contributed by atoms with Gasteiger partial charge >= 0.3 is 5.69 Å². The lowest BCUT2D eigenvalue weighted by atomic mass is 9.93. The van der Waals surface area contributed by atoms with E-state index in [-0.39, 0.29) is 49.4 Å². The number of amides is 2. The van der Waals surface area contributed by atoms with Crippen molar-refractivity contribution in [1.29, 1.82) is 0 Å². The summed E-state index contributed by atoms with van der Waals surface area (Å²) >= 11 is 0. The number of carbonyl (C=O) groups is 2. The summed E-state index contributed by atoms with van der Waals surface area (Å²) in [6, 6.07) is 6.96. The number of aromatic nitrogens is 2. The van der Waals surface area contributed by atoms with E-state index in [1.807, 2.05) is 44.2 Å². The Hall–Kier alpha value is -3.66. The summed E-state index contributed by atoms with van der Waals surface area (Å²) in [4.78, 5) is 56.2. The number of hydrogen-bond donors (Lipinski definition) is 2. The maximum atomic E-state index is 13.6. The molecule has 2 amide bonds. The molecule has 1 aromatic heterocycles. The van der Waals surface area contributed by atoms with Crippen molar-refractivity contribution in [2.24, 2.45) is 5.92 Å². The first-order valence-corrected chi connectivity index (χ1v) is 11.1. The highest BCUT2D eigenvalue weighted by atomic mass is 16.5. The predicted molar refractivity (Wildman–Crippen MR) is 130 cm³/mol. The van der Waals surface area contributed by atoms with E-state index in [9.17, 15) is 19.2 Å². The van der Waals surface area contributed by atoms with Crippen molar-refractivity contribution in [2.45, 2.75) is 39.8 Å². The second-order valence-electron chi connectivity index (χ2n) is 8.63. The Morgan fingerprint density at radius 1 is 1.24 bits per heavy atom. The number of carbonyl (C=O) groups excluding carboxylic acids is 2. The van der Waals surface area contributed by atoms with Gasteiger partial charge in [-0.05, 0) is 23.1 Å². The van der Waals surface area contributed by atoms with Crippen LogP contribution in [-0.2, 0) is 20.9 Å². The summed E-state index contributed by atoms with van der Waals surface area (Å²) < 4.78 is 6.42. The summed E-state index contributed by atoms with van der Waals surface area (Å²) in [5.74, 6) is -0.643. The molecule has 2 aromatic rings. The third-order valence-electron chi connectivity index (χ3n) is 5.69. The van der Waals surface area contributed by atoms with Crippen LogP contribution in [0.2, 0.25) is 0 Å². The summed E-state index contributed by atoms with van der Waals surface area (Å²) in [5.41, 5.74) is 6.51. The lowest BCUT2D eigenvalue weighted by Gasteiger charge is -2.34. The first kappa shape index (κ1) is 25.0. The molecule has 10 nitrogen and oxygen atoms in total. The minimum Gasteiger partial charge on any atom is -0.383 e. The molecule has 34 heavy (non-hydrogen) atoms. The standard InChI is InChI=1S/C24H31N5O5/c1-15(2)14-29-22(25)21(23(32)26-24(29)33)28(11-12-34-4)20(31)13-19-18-8-6-5-7-17(18)9-10-27(19)16(3)30/h5-10,15,19H,11-14,25H2,1-4H3,(H,26,32,33)/t19-/m1/s1. The van der Waals surface area contributed by atoms with Crippen molar-refractivity contribution >= 4 is 29.4 Å². The average molecular weight is 470 g/mol. The fourth-order valence-corrected chi connectivity index (χ4v) is 4.12. The molecule has 0 aliphatic carbocycles. The number of methoxy groups -OCH3 is 1. The Bertz CT molecular complexity index is 1210. The number of nitrogens with one attached hydrogen (secondary N) is 1. The van der Waals surface area contributed by atoms with Crippen molar-refractivity contribution in [3.05, 3.63) is 62.4 Å². The summed E-state index contributed by atoms with van der Waals surface area (Å²) in [5, 5.41) is 0. The highest BCUT2D eigenvalue weighted by Crippen LogP contribution is 2.34. The van der Waals surface area contributed by atoms with Gasteiger partial charge in [-0.3, -0.25) is 23.9 Å². The van der Waals surface area contributed by atoms with E-state index in [1.54, 1.807) is 6.20 Å². The molecule has 0 spiro atoms. The first-order chi connectivity index (χ1) is 16.1. The number of benzene rings is 1. The van der Waals surface area contributed by atoms with E-state index in [4.69, 9.17) is 10.5 Å². The van der Waals surface area contributed by atoms with Gasteiger partial charge in [0.05, 0.1) is 19.1 Å². The van der Waals surface area contributed by atoms with Crippen molar-refractivity contribution in [3.8, 4) is 0 Å². The minimum atomic E-state index is -0.751. The van der Waals surface area contributed by atoms with Gasteiger partial charge in [0.1, 0.15) is 5.82 Å². The molecule has 2 heterocycles. The minimum absolute atomic E-state index is 0.0484. The number of nitrogens with zero attached hydrogens (tertiary/aromatic N) is 3. The van der Waals surface area contributed by atoms with Gasteiger partial charge in [-0.25, -0.2) is 4.79 Å². The van der Waals surface area contributed by atoms with Gasteiger partial charge in [-0.1, -0.05) is 38.1 Å². The third kappa shape index (κ3) is 5.12. The quantitative estimate of drug-likeness (QED) is 0.605. The van der Waals surface area contributed by atoms with Crippen LogP contribution >= 0.6 is 0 Å². The molecule has 3 N–H and O–H groups in total. The van der Waals surface area contributed by atoms with Crippen LogP contribution in [0.3, 0.4) is 0 Å². The van der Waals surface area contributed by atoms with Crippen LogP contribution in [0.5, 0.6) is 0 Å². The van der Waals surface area contributed by atoms with E-state index in [0.29, 0.717) is 0 Å². The van der Waals surface area contributed by atoms with E-state index in [1.165, 1.54) is 28.4 Å². The number of fused-ring (bicyclic) bond motifs is 1. The van der Waals surface area contributed by atoms with Crippen molar-refractivity contribution in [2.75, 3.05) is 30.9 Å². The molecule has 3 rings (SSSR count). The van der Waals surface area contributed by atoms with Gasteiger partial charge in [0.2, 0.25) is 11.8 Å². The maximum Gasteiger partial charge on any atom is 0.330 e. The molecule has 0 fully saturated rings. The molecule has 1 atom stereocenters. The van der Waals surface area contributed by atoms with Crippen LogP contribution < -0.4 is 21.9 Å². The van der Waals surface area contributed by atoms with Gasteiger partial charge in [0, 0.05) is 33.3 Å². The predicted octanol–water partition coefficient (Wildman–Crippen LogP) is 1.72. The molecule has 182 valence electrons. The molecule has 0 saturated heterocycles. The first-order valence-electron chi connectivity index (χ1n) is 11.1. The molecular weight excluding hydrogens is 438 g/mol. The highest BCUT2D eigenvalue weighted by molar-refractivity contribution is 5.96. The van der Waals surface area contributed by atoms with Crippen LogP contribution in [-0.4, -0.2) is 46.5 Å². The van der Waals surface area contributed by atoms with Gasteiger partial charge in [0.15, 0.2) is 5.69 Å². The summed E-state index contributed by atoms with van der Waals surface area (Å²) in [6.45, 7) is 5.73. The zero-order valence-electron chi connectivity index (χ0n) is 19.9. The Balaban J connectivity index is 2.05. The van der Waals surface area contributed by atoms with Gasteiger partial charge in [0.25, 0.3) is 5.56 Å². The Kier molecular flexibility index (Phi) is 7.72. The van der Waals surface area contributed by atoms with Gasteiger partial charge < -0.3 is 20.3 Å².